The molecule has 0 aliphatic carbocycles. The number of carbonyl (C=O) groups is 2. The number of nitrogen functional groups attached to an aromatic ring is 1. The van der Waals surface area contributed by atoms with Gasteiger partial charge in [0.15, 0.2) is 11.5 Å². The first kappa shape index (κ1) is 26.2. The third kappa shape index (κ3) is 5.18. The van der Waals surface area contributed by atoms with Gasteiger partial charge in [0.1, 0.15) is 5.69 Å². The number of nitrogens with two attached hydrogens (primary N) is 1. The van der Waals surface area contributed by atoms with E-state index in [-0.39, 0.29) is 33.2 Å². The highest BCUT2D eigenvalue weighted by atomic mass is 35.5. The number of pyridine rings is 1. The van der Waals surface area contributed by atoms with Crippen LogP contribution in [0.1, 0.15) is 40.4 Å². The highest BCUT2D eigenvalue weighted by Crippen LogP contribution is 2.38. The molecule has 0 radical (unpaired) electrons. The first-order valence-corrected chi connectivity index (χ1v) is 11.5. The van der Waals surface area contributed by atoms with Gasteiger partial charge in [0.25, 0.3) is 11.8 Å². The van der Waals surface area contributed by atoms with E-state index in [4.69, 9.17) is 28.9 Å². The molecule has 0 aliphatic rings. The van der Waals surface area contributed by atoms with Crippen molar-refractivity contribution in [2.45, 2.75) is 26.1 Å². The minimum atomic E-state index is -4.86. The fraction of sp³-hybridized carbons (Fsp3) is 0.167. The van der Waals surface area contributed by atoms with Gasteiger partial charge >= 0.3 is 6.18 Å². The summed E-state index contributed by atoms with van der Waals surface area (Å²) in [5.74, 6) is -1.80. The SMILES string of the molecule is CC(C)NC(=O)c1cc2c(N)cccc2c(Cl)c1NC(=O)c1cc(C(F)(F)F)nn1-c1ncccc1Cl. The van der Waals surface area contributed by atoms with E-state index in [1.165, 1.54) is 24.4 Å². The van der Waals surface area contributed by atoms with Gasteiger partial charge in [-0.1, -0.05) is 35.3 Å². The molecule has 0 spiro atoms. The summed E-state index contributed by atoms with van der Waals surface area (Å²) in [6, 6.07) is 9.50. The molecule has 0 atom stereocenters. The lowest BCUT2D eigenvalue weighted by Crippen LogP contribution is -2.31. The van der Waals surface area contributed by atoms with E-state index >= 15 is 0 Å². The molecule has 0 bridgehead atoms. The molecule has 0 aliphatic heterocycles. The van der Waals surface area contributed by atoms with Crippen LogP contribution in [0.2, 0.25) is 10.0 Å². The molecule has 4 N–H and O–H groups in total. The average molecular weight is 551 g/mol. The van der Waals surface area contributed by atoms with Gasteiger partial charge in [-0.25, -0.2) is 9.67 Å². The minimum Gasteiger partial charge on any atom is -0.398 e. The number of anilines is 2. The summed E-state index contributed by atoms with van der Waals surface area (Å²) in [7, 11) is 0. The molecule has 0 saturated carbocycles. The van der Waals surface area contributed by atoms with E-state index in [0.29, 0.717) is 27.2 Å². The topological polar surface area (TPSA) is 115 Å². The summed E-state index contributed by atoms with van der Waals surface area (Å²) in [5, 5.41) is 9.53. The van der Waals surface area contributed by atoms with Crippen molar-refractivity contribution >= 4 is 57.2 Å². The zero-order chi connectivity index (χ0) is 27.1. The van der Waals surface area contributed by atoms with Crippen molar-refractivity contribution in [3.8, 4) is 5.82 Å². The van der Waals surface area contributed by atoms with E-state index in [0.717, 1.165) is 0 Å². The zero-order valence-corrected chi connectivity index (χ0v) is 20.8. The number of rotatable bonds is 5. The van der Waals surface area contributed by atoms with Crippen LogP contribution in [0.4, 0.5) is 24.5 Å². The Hall–Kier alpha value is -3.83. The molecule has 4 aromatic rings. The highest BCUT2D eigenvalue weighted by Gasteiger charge is 2.37. The Labute approximate surface area is 218 Å². The molecule has 13 heteroatoms. The lowest BCUT2D eigenvalue weighted by molar-refractivity contribution is -0.141. The van der Waals surface area contributed by atoms with Crippen LogP contribution < -0.4 is 16.4 Å². The van der Waals surface area contributed by atoms with Crippen molar-refractivity contribution < 1.29 is 22.8 Å². The molecule has 0 saturated heterocycles. The standard InChI is InChI=1S/C24H19Cl2F3N6O2/c1-11(2)32-22(36)14-9-13-12(5-3-7-16(13)30)19(26)20(14)33-23(37)17-10-18(24(27,28)29)34-35(17)21-15(25)6-4-8-31-21/h3-11H,30H2,1-2H3,(H,32,36)(H,33,37). The molecule has 4 rings (SSSR count). The Morgan fingerprint density at radius 3 is 2.43 bits per heavy atom. The van der Waals surface area contributed by atoms with Crippen LogP contribution in [0.25, 0.3) is 16.6 Å². The number of carbonyl (C=O) groups excluding carboxylic acids is 2. The van der Waals surface area contributed by atoms with Crippen LogP contribution in [-0.4, -0.2) is 32.6 Å². The number of hydrogen-bond donors (Lipinski definition) is 3. The lowest BCUT2D eigenvalue weighted by Gasteiger charge is -2.17. The number of alkyl halides is 3. The van der Waals surface area contributed by atoms with Crippen LogP contribution in [0.3, 0.4) is 0 Å². The summed E-state index contributed by atoms with van der Waals surface area (Å²) in [5.41, 5.74) is 4.39. The van der Waals surface area contributed by atoms with Gasteiger partial charge in [-0.3, -0.25) is 9.59 Å². The normalized spacial score (nSPS) is 11.7. The molecular weight excluding hydrogens is 532 g/mol. The van der Waals surface area contributed by atoms with Gasteiger partial charge in [0.2, 0.25) is 0 Å². The Balaban J connectivity index is 1.88. The molecule has 2 heterocycles. The molecule has 0 fully saturated rings. The predicted molar refractivity (Wildman–Crippen MR) is 135 cm³/mol. The molecule has 192 valence electrons. The van der Waals surface area contributed by atoms with Crippen molar-refractivity contribution in [1.82, 2.24) is 20.1 Å². The number of fused-ring (bicyclic) bond motifs is 1. The van der Waals surface area contributed by atoms with Crippen molar-refractivity contribution in [3.63, 3.8) is 0 Å². The second-order valence-electron chi connectivity index (χ2n) is 8.27. The molecule has 2 aromatic carbocycles. The monoisotopic (exact) mass is 550 g/mol. The maximum absolute atomic E-state index is 13.5. The zero-order valence-electron chi connectivity index (χ0n) is 19.3. The minimum absolute atomic E-state index is 0.0231. The van der Waals surface area contributed by atoms with Gasteiger partial charge in [0.05, 0.1) is 21.3 Å². The summed E-state index contributed by atoms with van der Waals surface area (Å²) in [6.45, 7) is 3.47. The van der Waals surface area contributed by atoms with Gasteiger partial charge in [0, 0.05) is 34.8 Å². The quantitative estimate of drug-likeness (QED) is 0.275. The van der Waals surface area contributed by atoms with E-state index < -0.39 is 29.4 Å². The van der Waals surface area contributed by atoms with Crippen molar-refractivity contribution in [2.24, 2.45) is 0 Å². The third-order valence-electron chi connectivity index (χ3n) is 5.23. The van der Waals surface area contributed by atoms with Crippen LogP contribution in [0.15, 0.2) is 48.7 Å². The van der Waals surface area contributed by atoms with Crippen LogP contribution in [-0.2, 0) is 6.18 Å². The van der Waals surface area contributed by atoms with Crippen LogP contribution >= 0.6 is 23.2 Å². The van der Waals surface area contributed by atoms with Gasteiger partial charge in [-0.2, -0.15) is 18.3 Å². The molecule has 0 unspecified atom stereocenters. The Kier molecular flexibility index (Phi) is 7.03. The number of halogens is 5. The van der Waals surface area contributed by atoms with Crippen molar-refractivity contribution in [2.75, 3.05) is 11.1 Å². The fourth-order valence-corrected chi connectivity index (χ4v) is 4.12. The number of benzene rings is 2. The molecule has 8 nitrogen and oxygen atoms in total. The summed E-state index contributed by atoms with van der Waals surface area (Å²) in [4.78, 5) is 30.4. The Morgan fingerprint density at radius 1 is 1.05 bits per heavy atom. The number of nitrogens with one attached hydrogen (secondary N) is 2. The number of nitrogens with zero attached hydrogens (tertiary/aromatic N) is 3. The predicted octanol–water partition coefficient (Wildman–Crippen LogP) is 5.72. The summed E-state index contributed by atoms with van der Waals surface area (Å²) in [6.07, 6.45) is -3.57. The third-order valence-corrected chi connectivity index (χ3v) is 5.92. The van der Waals surface area contributed by atoms with E-state index in [2.05, 4.69) is 20.7 Å². The first-order valence-electron chi connectivity index (χ1n) is 10.8. The van der Waals surface area contributed by atoms with E-state index in [1.54, 1.807) is 32.0 Å². The highest BCUT2D eigenvalue weighted by molar-refractivity contribution is 6.40. The van der Waals surface area contributed by atoms with Crippen LogP contribution in [0, 0.1) is 0 Å². The van der Waals surface area contributed by atoms with Crippen molar-refractivity contribution in [3.05, 3.63) is 75.7 Å². The fourth-order valence-electron chi connectivity index (χ4n) is 3.60. The smallest absolute Gasteiger partial charge is 0.398 e. The number of amides is 2. The molecule has 2 aromatic heterocycles. The summed E-state index contributed by atoms with van der Waals surface area (Å²) < 4.78 is 41.2. The largest absolute Gasteiger partial charge is 0.435 e. The van der Waals surface area contributed by atoms with Gasteiger partial charge < -0.3 is 16.4 Å². The van der Waals surface area contributed by atoms with E-state index in [9.17, 15) is 22.8 Å². The molecule has 2 amide bonds. The maximum atomic E-state index is 13.5. The van der Waals surface area contributed by atoms with E-state index in [1.807, 2.05) is 0 Å². The van der Waals surface area contributed by atoms with Gasteiger partial charge in [-0.15, -0.1) is 0 Å². The second-order valence-corrected chi connectivity index (χ2v) is 9.06. The molecule has 37 heavy (non-hydrogen) atoms. The Bertz CT molecular complexity index is 1540. The maximum Gasteiger partial charge on any atom is 0.435 e. The lowest BCUT2D eigenvalue weighted by atomic mass is 10.0. The number of hydrogen-bond acceptors (Lipinski definition) is 5. The van der Waals surface area contributed by atoms with Gasteiger partial charge in [-0.05, 0) is 38.1 Å². The number of aromatic nitrogens is 3. The second kappa shape index (κ2) is 9.91. The van der Waals surface area contributed by atoms with Crippen molar-refractivity contribution in [1.29, 1.82) is 0 Å². The average Bonchev–Trinajstić information content (AvgIpc) is 3.27. The summed E-state index contributed by atoms with van der Waals surface area (Å²) >= 11 is 12.7. The Morgan fingerprint density at radius 2 is 1.78 bits per heavy atom. The molecular formula is C24H19Cl2F3N6O2. The first-order chi connectivity index (χ1) is 17.4. The van der Waals surface area contributed by atoms with Crippen LogP contribution in [0.5, 0.6) is 0 Å².